The third-order valence-electron chi connectivity index (χ3n) is 2.09. The molecule has 0 aliphatic rings. The van der Waals surface area contributed by atoms with E-state index in [1.54, 1.807) is 7.17 Å². The van der Waals surface area contributed by atoms with E-state index in [1.807, 2.05) is 0 Å². The van der Waals surface area contributed by atoms with Crippen LogP contribution in [-0.2, 0) is 0 Å². The zero-order valence-electron chi connectivity index (χ0n) is 8.85. The molecule has 0 heterocycles. The summed E-state index contributed by atoms with van der Waals surface area (Å²) in [5, 5.41) is 0.121. The monoisotopic (exact) mass is 159 g/mol. The van der Waals surface area contributed by atoms with Gasteiger partial charge in [0.25, 0.3) is 0 Å². The topological polar surface area (TPSA) is 0 Å². The molecule has 0 aliphatic carbocycles. The van der Waals surface area contributed by atoms with Crippen LogP contribution in [-0.4, -0.2) is 22.8 Å². The molecule has 0 aromatic carbocycles. The van der Waals surface area contributed by atoms with Crippen molar-refractivity contribution in [2.24, 2.45) is 0 Å². The van der Waals surface area contributed by atoms with Gasteiger partial charge in [-0.15, -0.1) is 0 Å². The Morgan fingerprint density at radius 1 is 1.08 bits per heavy atom. The zero-order valence-corrected chi connectivity index (χ0v) is 8.85. The highest BCUT2D eigenvalue weighted by atomic mass is 14.1. The minimum Gasteiger partial charge on any atom is -0.0725 e. The lowest BCUT2D eigenvalue weighted by Crippen LogP contribution is -2.14. The Labute approximate surface area is 80.9 Å². The average molecular weight is 159 g/mol. The molecule has 0 rings (SSSR count). The molecule has 0 saturated heterocycles. The van der Waals surface area contributed by atoms with E-state index < -0.39 is 0 Å². The van der Waals surface area contributed by atoms with E-state index in [4.69, 9.17) is 15.6 Å². The first-order valence-corrected chi connectivity index (χ1v) is 4.62. The Morgan fingerprint density at radius 2 is 1.58 bits per heavy atom. The van der Waals surface area contributed by atoms with Crippen LogP contribution in [0.5, 0.6) is 0 Å². The SMILES string of the molecule is [B][B]C(C)(C)CCCC([B])(C)C. The molecule has 0 saturated carbocycles. The average Bonchev–Trinajstić information content (AvgIpc) is 1.84. The van der Waals surface area contributed by atoms with E-state index in [0.29, 0.717) is 0 Å². The molecular weight excluding hydrogens is 141 g/mol. The summed E-state index contributed by atoms with van der Waals surface area (Å²) in [5.74, 6) is 0. The summed E-state index contributed by atoms with van der Waals surface area (Å²) in [6, 6.07) is 0. The number of hydrogen-bond acceptors (Lipinski definition) is 0. The molecule has 0 N–H and O–H groups in total. The van der Waals surface area contributed by atoms with Crippen LogP contribution in [0.15, 0.2) is 0 Å². The third-order valence-corrected chi connectivity index (χ3v) is 2.09. The van der Waals surface area contributed by atoms with Crippen molar-refractivity contribution in [1.29, 1.82) is 0 Å². The summed E-state index contributed by atoms with van der Waals surface area (Å²) in [7, 11) is 13.1. The lowest BCUT2D eigenvalue weighted by molar-refractivity contribution is 0.503. The lowest BCUT2D eigenvalue weighted by Gasteiger charge is -2.25. The van der Waals surface area contributed by atoms with Crippen LogP contribution in [0.4, 0.5) is 0 Å². The molecule has 63 valence electrons. The van der Waals surface area contributed by atoms with E-state index >= 15 is 0 Å². The standard InChI is InChI=1S/C9H18B3/c1-8(2,10)6-5-7-9(3,4)12-11/h5-7H2,1-4H3. The predicted octanol–water partition coefficient (Wildman–Crippen LogP) is 2.51. The second-order valence-corrected chi connectivity index (χ2v) is 5.00. The van der Waals surface area contributed by atoms with Gasteiger partial charge >= 0.3 is 0 Å². The van der Waals surface area contributed by atoms with Gasteiger partial charge in [-0.1, -0.05) is 57.6 Å². The Kier molecular flexibility index (Phi) is 4.51. The first kappa shape index (κ1) is 12.2. The van der Waals surface area contributed by atoms with Crippen LogP contribution in [0.1, 0.15) is 47.0 Å². The smallest absolute Gasteiger partial charge is 0.0725 e. The molecule has 12 heavy (non-hydrogen) atoms. The Hall–Kier alpha value is 0.195. The van der Waals surface area contributed by atoms with Crippen LogP contribution in [0.3, 0.4) is 0 Å². The normalized spacial score (nSPS) is 13.0. The van der Waals surface area contributed by atoms with Gasteiger partial charge < -0.3 is 0 Å². The van der Waals surface area contributed by atoms with E-state index in [0.717, 1.165) is 19.3 Å². The van der Waals surface area contributed by atoms with Crippen LogP contribution in [0, 0.1) is 0 Å². The van der Waals surface area contributed by atoms with Gasteiger partial charge in [0, 0.05) is 7.74 Å². The van der Waals surface area contributed by atoms with E-state index in [9.17, 15) is 0 Å². The summed E-state index contributed by atoms with van der Waals surface area (Å²) in [6.45, 7) is 8.42. The van der Waals surface area contributed by atoms with Gasteiger partial charge in [-0.3, -0.25) is 0 Å². The van der Waals surface area contributed by atoms with Gasteiger partial charge in [0.05, 0.1) is 15.0 Å². The highest BCUT2D eigenvalue weighted by molar-refractivity contribution is 6.91. The largest absolute Gasteiger partial charge is 0.0738 e. The molecule has 0 fully saturated rings. The molecule has 0 aliphatic heterocycles. The van der Waals surface area contributed by atoms with Gasteiger partial charge in [0.1, 0.15) is 0 Å². The fraction of sp³-hybridized carbons (Fsp3) is 1.00. The van der Waals surface area contributed by atoms with Gasteiger partial charge in [0.2, 0.25) is 0 Å². The summed E-state index contributed by atoms with van der Waals surface area (Å²) in [6.07, 6.45) is 3.32. The predicted molar refractivity (Wildman–Crippen MR) is 59.2 cm³/mol. The van der Waals surface area contributed by atoms with Crippen molar-refractivity contribution in [2.45, 2.75) is 57.6 Å². The molecule has 0 atom stereocenters. The Balaban J connectivity index is 3.57. The van der Waals surface area contributed by atoms with Gasteiger partial charge in [-0.25, -0.2) is 0 Å². The second-order valence-electron chi connectivity index (χ2n) is 5.00. The van der Waals surface area contributed by atoms with Crippen LogP contribution in [0.25, 0.3) is 0 Å². The maximum absolute atomic E-state index is 5.86. The number of rotatable bonds is 5. The molecule has 3 heteroatoms. The van der Waals surface area contributed by atoms with Crippen molar-refractivity contribution in [3.05, 3.63) is 0 Å². The first-order valence-electron chi connectivity index (χ1n) is 4.62. The minimum atomic E-state index is -0.0370. The second kappa shape index (κ2) is 4.44. The zero-order chi connectivity index (χ0) is 9.83. The van der Waals surface area contributed by atoms with Crippen molar-refractivity contribution in [1.82, 2.24) is 0 Å². The molecule has 0 aromatic rings. The van der Waals surface area contributed by atoms with Crippen LogP contribution < -0.4 is 0 Å². The van der Waals surface area contributed by atoms with Crippen molar-refractivity contribution in [3.8, 4) is 0 Å². The quantitative estimate of drug-likeness (QED) is 0.540. The van der Waals surface area contributed by atoms with Gasteiger partial charge in [0.15, 0.2) is 0 Å². The summed E-state index contributed by atoms with van der Waals surface area (Å²) >= 11 is 0. The lowest BCUT2D eigenvalue weighted by atomic mass is 9.39. The van der Waals surface area contributed by atoms with Crippen molar-refractivity contribution in [2.75, 3.05) is 0 Å². The molecule has 0 unspecified atom stereocenters. The van der Waals surface area contributed by atoms with Gasteiger partial charge in [-0.2, -0.15) is 0 Å². The fourth-order valence-corrected chi connectivity index (χ4v) is 1.08. The molecule has 0 nitrogen and oxygen atoms in total. The summed E-state index contributed by atoms with van der Waals surface area (Å²) < 4.78 is 0. The van der Waals surface area contributed by atoms with E-state index in [2.05, 4.69) is 27.7 Å². The van der Waals surface area contributed by atoms with Crippen molar-refractivity contribution >= 4 is 22.8 Å². The Morgan fingerprint density at radius 3 is 1.92 bits per heavy atom. The Bertz CT molecular complexity index is 124. The van der Waals surface area contributed by atoms with Crippen molar-refractivity contribution in [3.63, 3.8) is 0 Å². The van der Waals surface area contributed by atoms with Gasteiger partial charge in [-0.05, 0) is 0 Å². The maximum Gasteiger partial charge on any atom is 0.0738 e. The van der Waals surface area contributed by atoms with E-state index in [1.165, 1.54) is 0 Å². The molecule has 0 amide bonds. The first-order chi connectivity index (χ1) is 5.27. The molecule has 0 spiro atoms. The summed E-state index contributed by atoms with van der Waals surface area (Å²) in [5.41, 5.74) is 0. The highest BCUT2D eigenvalue weighted by Gasteiger charge is 2.16. The van der Waals surface area contributed by atoms with Crippen molar-refractivity contribution < 1.29 is 0 Å². The molecule has 0 bridgehead atoms. The summed E-state index contributed by atoms with van der Waals surface area (Å²) in [4.78, 5) is 0. The van der Waals surface area contributed by atoms with Crippen LogP contribution in [0.2, 0.25) is 10.6 Å². The third kappa shape index (κ3) is 6.88. The minimum absolute atomic E-state index is 0.0370. The van der Waals surface area contributed by atoms with Crippen LogP contribution >= 0.6 is 0 Å². The molecular formula is C9H18B3. The maximum atomic E-state index is 5.86. The fourth-order valence-electron chi connectivity index (χ4n) is 1.08. The molecule has 5 radical (unpaired) electrons. The number of hydrogen-bond donors (Lipinski definition) is 0. The van der Waals surface area contributed by atoms with E-state index in [-0.39, 0.29) is 10.6 Å². The highest BCUT2D eigenvalue weighted by Crippen LogP contribution is 2.33. The molecule has 0 aromatic heterocycles.